The van der Waals surface area contributed by atoms with Crippen molar-refractivity contribution in [2.24, 2.45) is 23.7 Å². The average Bonchev–Trinajstić information content (AvgIpc) is 0.904. The number of aliphatic hydroxyl groups excluding tert-OH is 1. The van der Waals surface area contributed by atoms with Crippen LogP contribution >= 0.6 is 15.6 Å². The smallest absolute Gasteiger partial charge is 0.462 e. The molecule has 0 spiro atoms. The summed E-state index contributed by atoms with van der Waals surface area (Å²) in [6, 6.07) is 0. The Bertz CT molecular complexity index is 2080. The van der Waals surface area contributed by atoms with Crippen LogP contribution in [0.15, 0.2) is 0 Å². The Kier molecular flexibility index (Phi) is 75.3. The van der Waals surface area contributed by atoms with Crippen LogP contribution in [0.5, 0.6) is 0 Å². The van der Waals surface area contributed by atoms with Crippen molar-refractivity contribution in [2.75, 3.05) is 39.6 Å². The minimum atomic E-state index is -4.97. The maximum atomic E-state index is 13.2. The molecule has 6 atom stereocenters. The molecule has 0 radical (unpaired) electrons. The topological polar surface area (TPSA) is 237 Å². The highest BCUT2D eigenvalue weighted by atomic mass is 31.2. The van der Waals surface area contributed by atoms with Crippen molar-refractivity contribution in [2.45, 2.75) is 478 Å². The zero-order valence-electron chi connectivity index (χ0n) is 70.8. The summed E-state index contributed by atoms with van der Waals surface area (Å²) in [6.07, 6.45) is 66.7. The molecule has 0 amide bonds. The van der Waals surface area contributed by atoms with Gasteiger partial charge < -0.3 is 33.8 Å². The van der Waals surface area contributed by atoms with Crippen LogP contribution in [-0.4, -0.2) is 96.7 Å². The molecular weight excluding hydrogens is 1390 g/mol. The van der Waals surface area contributed by atoms with Crippen LogP contribution in [0.2, 0.25) is 0 Å². The van der Waals surface area contributed by atoms with Crippen molar-refractivity contribution in [1.29, 1.82) is 0 Å². The molecule has 107 heavy (non-hydrogen) atoms. The molecular formula is C88H172O17P2. The molecule has 0 aromatic carbocycles. The molecule has 0 aromatic heterocycles. The third kappa shape index (κ3) is 80.5. The van der Waals surface area contributed by atoms with Gasteiger partial charge in [0.1, 0.15) is 19.3 Å². The monoisotopic (exact) mass is 1560 g/mol. The average molecular weight is 1560 g/mol. The van der Waals surface area contributed by atoms with Gasteiger partial charge in [0.25, 0.3) is 0 Å². The Labute approximate surface area is 658 Å². The van der Waals surface area contributed by atoms with Crippen molar-refractivity contribution in [1.82, 2.24) is 0 Å². The molecule has 3 N–H and O–H groups in total. The Hall–Kier alpha value is -1.94. The normalized spacial score (nSPS) is 14.1. The minimum Gasteiger partial charge on any atom is -0.462 e. The second kappa shape index (κ2) is 76.7. The van der Waals surface area contributed by atoms with Crippen LogP contribution in [0.3, 0.4) is 0 Å². The lowest BCUT2D eigenvalue weighted by atomic mass is 9.99. The van der Waals surface area contributed by atoms with Crippen molar-refractivity contribution < 1.29 is 80.2 Å². The molecule has 0 heterocycles. The first-order valence-electron chi connectivity index (χ1n) is 45.2. The van der Waals surface area contributed by atoms with Crippen LogP contribution in [0.25, 0.3) is 0 Å². The van der Waals surface area contributed by atoms with E-state index in [0.29, 0.717) is 31.6 Å². The maximum Gasteiger partial charge on any atom is 0.472 e. The molecule has 0 aliphatic carbocycles. The van der Waals surface area contributed by atoms with E-state index in [1.165, 1.54) is 257 Å². The van der Waals surface area contributed by atoms with Crippen molar-refractivity contribution in [3.63, 3.8) is 0 Å². The largest absolute Gasteiger partial charge is 0.472 e. The van der Waals surface area contributed by atoms with Crippen molar-refractivity contribution in [3.05, 3.63) is 0 Å². The first-order valence-corrected chi connectivity index (χ1v) is 48.2. The molecule has 4 unspecified atom stereocenters. The number of carbonyl (C=O) groups is 4. The zero-order chi connectivity index (χ0) is 78.8. The van der Waals surface area contributed by atoms with Crippen LogP contribution in [0.1, 0.15) is 460 Å². The van der Waals surface area contributed by atoms with Gasteiger partial charge >= 0.3 is 39.5 Å². The van der Waals surface area contributed by atoms with Gasteiger partial charge in [-0.3, -0.25) is 37.3 Å². The van der Waals surface area contributed by atoms with E-state index in [1.807, 2.05) is 0 Å². The summed E-state index contributed by atoms with van der Waals surface area (Å²) in [5.74, 6) is 1.07. The summed E-state index contributed by atoms with van der Waals surface area (Å²) >= 11 is 0. The summed E-state index contributed by atoms with van der Waals surface area (Å²) in [5, 5.41) is 10.7. The van der Waals surface area contributed by atoms with Crippen molar-refractivity contribution in [3.8, 4) is 0 Å². The molecule has 0 fully saturated rings. The SMILES string of the molecule is CCC(C)CCCCCCCCCCCCCCCCCCCCC(=O)O[C@H](COC(=O)CCCCCCCCCCCCCCCC(C)C)COP(=O)(O)OCC(O)COP(=O)(O)OC[C@@H](COC(=O)CCCCCCCCCC(C)C)OC(=O)CCCCCCCCCCCCCCCCCCC(C)C. The van der Waals surface area contributed by atoms with Gasteiger partial charge in [-0.05, 0) is 49.4 Å². The number of phosphoric ester groups is 2. The summed E-state index contributed by atoms with van der Waals surface area (Å²) < 4.78 is 68.9. The molecule has 636 valence electrons. The van der Waals surface area contributed by atoms with Gasteiger partial charge in [-0.1, -0.05) is 409 Å². The third-order valence-corrected chi connectivity index (χ3v) is 22.8. The Balaban J connectivity index is 5.22. The first-order chi connectivity index (χ1) is 51.6. The molecule has 0 aliphatic heterocycles. The maximum absolute atomic E-state index is 13.2. The highest BCUT2D eigenvalue weighted by molar-refractivity contribution is 7.47. The van der Waals surface area contributed by atoms with E-state index in [4.69, 9.17) is 37.0 Å². The quantitative estimate of drug-likeness (QED) is 0.0222. The van der Waals surface area contributed by atoms with Gasteiger partial charge in [-0.15, -0.1) is 0 Å². The minimum absolute atomic E-state index is 0.107. The van der Waals surface area contributed by atoms with E-state index in [9.17, 15) is 43.2 Å². The first kappa shape index (κ1) is 105. The molecule has 0 saturated heterocycles. The summed E-state index contributed by atoms with van der Waals surface area (Å²) in [7, 11) is -9.93. The lowest BCUT2D eigenvalue weighted by Gasteiger charge is -2.21. The van der Waals surface area contributed by atoms with E-state index in [-0.39, 0.29) is 25.7 Å². The summed E-state index contributed by atoms with van der Waals surface area (Å²) in [6.45, 7) is 14.4. The number of ether oxygens (including phenoxy) is 4. The van der Waals surface area contributed by atoms with Crippen LogP contribution < -0.4 is 0 Å². The van der Waals surface area contributed by atoms with Gasteiger partial charge in [0.05, 0.1) is 26.4 Å². The lowest BCUT2D eigenvalue weighted by Crippen LogP contribution is -2.30. The third-order valence-electron chi connectivity index (χ3n) is 20.9. The summed E-state index contributed by atoms with van der Waals surface area (Å²) in [5.41, 5.74) is 0. The number of carbonyl (C=O) groups excluding carboxylic acids is 4. The number of hydrogen-bond donors (Lipinski definition) is 3. The number of hydrogen-bond acceptors (Lipinski definition) is 15. The number of rotatable bonds is 85. The fraction of sp³-hybridized carbons (Fsp3) is 0.955. The van der Waals surface area contributed by atoms with Crippen molar-refractivity contribution >= 4 is 39.5 Å². The van der Waals surface area contributed by atoms with Crippen LogP contribution in [0.4, 0.5) is 0 Å². The van der Waals surface area contributed by atoms with Gasteiger partial charge in [0.2, 0.25) is 0 Å². The highest BCUT2D eigenvalue weighted by Crippen LogP contribution is 2.45. The second-order valence-corrected chi connectivity index (χ2v) is 36.2. The van der Waals surface area contributed by atoms with E-state index in [1.54, 1.807) is 0 Å². The highest BCUT2D eigenvalue weighted by Gasteiger charge is 2.31. The Morgan fingerprint density at radius 1 is 0.262 bits per heavy atom. The van der Waals surface area contributed by atoms with Crippen LogP contribution in [-0.2, 0) is 65.4 Å². The molecule has 0 bridgehead atoms. The van der Waals surface area contributed by atoms with E-state index in [0.717, 1.165) is 114 Å². The lowest BCUT2D eigenvalue weighted by molar-refractivity contribution is -0.161. The predicted octanol–water partition coefficient (Wildman–Crippen LogP) is 26.7. The molecule has 17 nitrogen and oxygen atoms in total. The van der Waals surface area contributed by atoms with Gasteiger partial charge in [-0.2, -0.15) is 0 Å². The standard InChI is InChI=1S/C88H172O17P2/c1-9-81(8)67-59-51-43-35-29-23-17-12-10-11-13-18-24-31-37-45-54-62-70-87(92)104-83(74-98-85(90)68-60-52-44-36-30-26-20-22-28-34-41-49-57-65-79(4)5)76-102-106(94,95)100-72-82(89)73-101-107(96,97)103-77-84(75-99-86(91)69-61-53-47-39-42-50-58-66-80(6)7)105-88(93)71-63-55-46-38-32-25-19-15-14-16-21-27-33-40-48-56-64-78(2)3/h78-84,89H,9-77H2,1-8H3,(H,94,95)(H,96,97)/t81?,82?,83-,84-/m1/s1. The zero-order valence-corrected chi connectivity index (χ0v) is 72.6. The molecule has 0 saturated carbocycles. The number of phosphoric acid groups is 2. The fourth-order valence-electron chi connectivity index (χ4n) is 13.6. The van der Waals surface area contributed by atoms with Crippen LogP contribution in [0, 0.1) is 23.7 Å². The van der Waals surface area contributed by atoms with Gasteiger partial charge in [0.15, 0.2) is 12.2 Å². The van der Waals surface area contributed by atoms with Gasteiger partial charge in [-0.25, -0.2) is 9.13 Å². The van der Waals surface area contributed by atoms with E-state index >= 15 is 0 Å². The number of aliphatic hydroxyl groups is 1. The molecule has 19 heteroatoms. The fourth-order valence-corrected chi connectivity index (χ4v) is 15.2. The molecule has 0 aromatic rings. The predicted molar refractivity (Wildman–Crippen MR) is 441 cm³/mol. The van der Waals surface area contributed by atoms with E-state index < -0.39 is 97.5 Å². The summed E-state index contributed by atoms with van der Waals surface area (Å²) in [4.78, 5) is 73.3. The van der Waals surface area contributed by atoms with Gasteiger partial charge in [0, 0.05) is 25.7 Å². The Morgan fingerprint density at radius 3 is 0.664 bits per heavy atom. The molecule has 0 rings (SSSR count). The number of unbranched alkanes of at least 4 members (excludes halogenated alkanes) is 50. The van der Waals surface area contributed by atoms with E-state index in [2.05, 4.69) is 55.4 Å². The molecule has 0 aliphatic rings. The Morgan fingerprint density at radius 2 is 0.449 bits per heavy atom. The second-order valence-electron chi connectivity index (χ2n) is 33.3. The number of esters is 4.